The van der Waals surface area contributed by atoms with Crippen LogP contribution in [0.4, 0.5) is 0 Å². The predicted molar refractivity (Wildman–Crippen MR) is 57.3 cm³/mol. The zero-order valence-electron chi connectivity index (χ0n) is 8.63. The van der Waals surface area contributed by atoms with Crippen molar-refractivity contribution in [1.29, 1.82) is 0 Å². The number of aliphatic hydroxyl groups is 2. The minimum atomic E-state index is -1.17. The van der Waals surface area contributed by atoms with E-state index in [-0.39, 0.29) is 11.4 Å². The topological polar surface area (TPSA) is 79.7 Å². The molecule has 1 heterocycles. The lowest BCUT2D eigenvalue weighted by Crippen LogP contribution is -2.20. The molecule has 0 radical (unpaired) electrons. The summed E-state index contributed by atoms with van der Waals surface area (Å²) in [5, 5.41) is 19.0. The average molecular weight is 246 g/mol. The molecule has 1 aromatic heterocycles. The fourth-order valence-electron chi connectivity index (χ4n) is 1.16. The first kappa shape index (κ1) is 12.9. The molecule has 0 fully saturated rings. The Kier molecular flexibility index (Phi) is 4.67. The van der Waals surface area contributed by atoms with Gasteiger partial charge < -0.3 is 14.9 Å². The van der Waals surface area contributed by atoms with Crippen LogP contribution in [0.5, 0.6) is 0 Å². The zero-order chi connectivity index (χ0) is 12.1. The fraction of sp³-hybridized carbons (Fsp3) is 0.400. The molecule has 5 nitrogen and oxygen atoms in total. The summed E-state index contributed by atoms with van der Waals surface area (Å²) in [5.74, 6) is -0.661. The number of aromatic nitrogens is 1. The van der Waals surface area contributed by atoms with E-state index in [4.69, 9.17) is 11.6 Å². The van der Waals surface area contributed by atoms with Gasteiger partial charge in [-0.05, 0) is 6.07 Å². The SMILES string of the molecule is COC(=O)c1cncc(C(O)C(O)CCl)c1. The smallest absolute Gasteiger partial charge is 0.339 e. The van der Waals surface area contributed by atoms with Gasteiger partial charge in [0.05, 0.1) is 24.7 Å². The second kappa shape index (κ2) is 5.79. The number of methoxy groups -OCH3 is 1. The summed E-state index contributed by atoms with van der Waals surface area (Å²) < 4.78 is 4.51. The van der Waals surface area contributed by atoms with Crippen molar-refractivity contribution in [2.24, 2.45) is 0 Å². The molecule has 2 N–H and O–H groups in total. The first-order valence-corrected chi connectivity index (χ1v) is 5.09. The number of nitrogens with zero attached hydrogens (tertiary/aromatic N) is 1. The lowest BCUT2D eigenvalue weighted by molar-refractivity contribution is 0.0323. The van der Waals surface area contributed by atoms with E-state index in [0.717, 1.165) is 0 Å². The van der Waals surface area contributed by atoms with Gasteiger partial charge in [0, 0.05) is 18.0 Å². The van der Waals surface area contributed by atoms with Crippen molar-refractivity contribution in [3.05, 3.63) is 29.6 Å². The van der Waals surface area contributed by atoms with Gasteiger partial charge in [0.1, 0.15) is 6.10 Å². The van der Waals surface area contributed by atoms with Crippen molar-refractivity contribution in [3.8, 4) is 0 Å². The molecule has 0 amide bonds. The van der Waals surface area contributed by atoms with Crippen LogP contribution in [-0.2, 0) is 4.74 Å². The van der Waals surface area contributed by atoms with Crippen LogP contribution in [-0.4, -0.2) is 40.3 Å². The maximum atomic E-state index is 11.2. The minimum absolute atomic E-state index is 0.108. The average Bonchev–Trinajstić information content (AvgIpc) is 2.36. The number of alkyl halides is 1. The van der Waals surface area contributed by atoms with Crippen LogP contribution in [0.3, 0.4) is 0 Å². The van der Waals surface area contributed by atoms with Gasteiger partial charge in [0.2, 0.25) is 0 Å². The largest absolute Gasteiger partial charge is 0.465 e. The maximum absolute atomic E-state index is 11.2. The molecule has 0 bridgehead atoms. The van der Waals surface area contributed by atoms with Gasteiger partial charge in [-0.1, -0.05) is 0 Å². The van der Waals surface area contributed by atoms with Crippen molar-refractivity contribution in [2.45, 2.75) is 12.2 Å². The van der Waals surface area contributed by atoms with E-state index in [0.29, 0.717) is 5.56 Å². The number of ether oxygens (including phenoxy) is 1. The highest BCUT2D eigenvalue weighted by molar-refractivity contribution is 6.18. The molecule has 0 aromatic carbocycles. The van der Waals surface area contributed by atoms with E-state index >= 15 is 0 Å². The molecule has 1 aromatic rings. The number of hydrogen-bond donors (Lipinski definition) is 2. The molecule has 6 heteroatoms. The number of esters is 1. The lowest BCUT2D eigenvalue weighted by atomic mass is 10.1. The van der Waals surface area contributed by atoms with E-state index < -0.39 is 18.2 Å². The number of halogens is 1. The molecule has 1 rings (SSSR count). The number of hydrogen-bond acceptors (Lipinski definition) is 5. The van der Waals surface area contributed by atoms with Gasteiger partial charge >= 0.3 is 5.97 Å². The molecular weight excluding hydrogens is 234 g/mol. The highest BCUT2D eigenvalue weighted by Gasteiger charge is 2.19. The van der Waals surface area contributed by atoms with E-state index in [1.165, 1.54) is 25.6 Å². The van der Waals surface area contributed by atoms with Gasteiger partial charge in [-0.25, -0.2) is 4.79 Å². The van der Waals surface area contributed by atoms with Gasteiger partial charge in [0.15, 0.2) is 0 Å². The predicted octanol–water partition coefficient (Wildman–Crippen LogP) is 0.501. The van der Waals surface area contributed by atoms with Gasteiger partial charge in [0.25, 0.3) is 0 Å². The molecule has 88 valence electrons. The second-order valence-electron chi connectivity index (χ2n) is 3.17. The van der Waals surface area contributed by atoms with Gasteiger partial charge in [-0.2, -0.15) is 0 Å². The lowest BCUT2D eigenvalue weighted by Gasteiger charge is -2.15. The quantitative estimate of drug-likeness (QED) is 0.597. The van der Waals surface area contributed by atoms with Crippen molar-refractivity contribution in [2.75, 3.05) is 13.0 Å². The van der Waals surface area contributed by atoms with E-state index in [1.54, 1.807) is 0 Å². The number of rotatable bonds is 4. The summed E-state index contributed by atoms with van der Waals surface area (Å²) in [6.07, 6.45) is 0.396. The Morgan fingerprint density at radius 1 is 1.56 bits per heavy atom. The van der Waals surface area contributed by atoms with Crippen LogP contribution in [0.25, 0.3) is 0 Å². The molecule has 0 spiro atoms. The molecule has 2 atom stereocenters. The summed E-state index contributed by atoms with van der Waals surface area (Å²) in [6, 6.07) is 1.40. The van der Waals surface area contributed by atoms with E-state index in [9.17, 15) is 15.0 Å². The molecule has 0 saturated heterocycles. The van der Waals surface area contributed by atoms with Crippen LogP contribution in [0.15, 0.2) is 18.5 Å². The Bertz CT molecular complexity index is 372. The second-order valence-corrected chi connectivity index (χ2v) is 3.47. The number of carbonyl (C=O) groups excluding carboxylic acids is 1. The van der Waals surface area contributed by atoms with Crippen molar-refractivity contribution in [1.82, 2.24) is 4.98 Å². The van der Waals surface area contributed by atoms with Gasteiger partial charge in [-0.15, -0.1) is 11.6 Å². The van der Waals surface area contributed by atoms with E-state index in [2.05, 4.69) is 9.72 Å². The number of carbonyl (C=O) groups is 1. The Balaban J connectivity index is 2.94. The van der Waals surface area contributed by atoms with Crippen LogP contribution in [0, 0.1) is 0 Å². The highest BCUT2D eigenvalue weighted by Crippen LogP contribution is 2.18. The van der Waals surface area contributed by atoms with E-state index in [1.807, 2.05) is 0 Å². The Morgan fingerprint density at radius 3 is 2.81 bits per heavy atom. The molecule has 0 aliphatic rings. The molecular formula is C10H12ClNO4. The van der Waals surface area contributed by atoms with Gasteiger partial charge in [-0.3, -0.25) is 4.98 Å². The first-order chi connectivity index (χ1) is 7.60. The third-order valence-electron chi connectivity index (χ3n) is 2.04. The third kappa shape index (κ3) is 2.91. The highest BCUT2D eigenvalue weighted by atomic mass is 35.5. The molecule has 0 aliphatic heterocycles. The van der Waals surface area contributed by atoms with Crippen molar-refractivity contribution in [3.63, 3.8) is 0 Å². The number of pyridine rings is 1. The Morgan fingerprint density at radius 2 is 2.25 bits per heavy atom. The molecule has 16 heavy (non-hydrogen) atoms. The van der Waals surface area contributed by atoms with Crippen LogP contribution < -0.4 is 0 Å². The zero-order valence-corrected chi connectivity index (χ0v) is 9.39. The monoisotopic (exact) mass is 245 g/mol. The minimum Gasteiger partial charge on any atom is -0.465 e. The summed E-state index contributed by atoms with van der Waals surface area (Å²) in [5.41, 5.74) is 0.525. The third-order valence-corrected chi connectivity index (χ3v) is 2.36. The van der Waals surface area contributed by atoms with Crippen LogP contribution in [0.1, 0.15) is 22.0 Å². The fourth-order valence-corrected chi connectivity index (χ4v) is 1.32. The first-order valence-electron chi connectivity index (χ1n) is 4.55. The Labute approximate surface area is 97.6 Å². The summed E-state index contributed by atoms with van der Waals surface area (Å²) in [4.78, 5) is 15.0. The van der Waals surface area contributed by atoms with Crippen molar-refractivity contribution < 1.29 is 19.7 Å². The summed E-state index contributed by atoms with van der Waals surface area (Å²) in [7, 11) is 1.25. The number of aliphatic hydroxyl groups excluding tert-OH is 2. The summed E-state index contributed by atoms with van der Waals surface area (Å²) >= 11 is 5.40. The van der Waals surface area contributed by atoms with Crippen LogP contribution >= 0.6 is 11.6 Å². The standard InChI is InChI=1S/C10H12ClNO4/c1-16-10(15)7-2-6(4-12-5-7)9(14)8(13)3-11/h2,4-5,8-9,13-14H,3H2,1H3. The Hall–Kier alpha value is -1.17. The maximum Gasteiger partial charge on any atom is 0.339 e. The van der Waals surface area contributed by atoms with Crippen LogP contribution in [0.2, 0.25) is 0 Å². The molecule has 2 unspecified atom stereocenters. The molecule has 0 saturated carbocycles. The summed E-state index contributed by atoms with van der Waals surface area (Å²) in [6.45, 7) is 0. The molecule has 0 aliphatic carbocycles. The normalized spacial score (nSPS) is 14.2. The van der Waals surface area contributed by atoms with Crippen molar-refractivity contribution >= 4 is 17.6 Å².